The van der Waals surface area contributed by atoms with Gasteiger partial charge in [0.05, 0.1) is 23.4 Å². The lowest BCUT2D eigenvalue weighted by Crippen LogP contribution is -2.48. The molecule has 2 unspecified atom stereocenters. The number of hydrazine groups is 1. The fraction of sp³-hybridized carbons (Fsp3) is 0.533. The van der Waals surface area contributed by atoms with E-state index in [4.69, 9.17) is 10.6 Å². The standard InChI is InChI=1S/C15H24N4O/c1-10(2)15(20-4)13(17-16)9-12-11-7-5-6-8-14(11)19(3)18-12/h5-8,10,13,15,17H,9,16H2,1-4H3. The molecule has 3 N–H and O–H groups in total. The first kappa shape index (κ1) is 15.0. The molecule has 1 aromatic heterocycles. The normalized spacial score (nSPS) is 14.9. The molecule has 5 nitrogen and oxygen atoms in total. The summed E-state index contributed by atoms with van der Waals surface area (Å²) in [6, 6.07) is 8.28. The number of aromatic nitrogens is 2. The number of hydrogen-bond acceptors (Lipinski definition) is 4. The lowest BCUT2D eigenvalue weighted by atomic mass is 9.95. The predicted molar refractivity (Wildman–Crippen MR) is 81.2 cm³/mol. The molecule has 0 bridgehead atoms. The zero-order valence-electron chi connectivity index (χ0n) is 12.6. The average Bonchev–Trinajstić information content (AvgIpc) is 2.75. The number of hydrogen-bond donors (Lipinski definition) is 2. The second kappa shape index (κ2) is 6.35. The maximum Gasteiger partial charge on any atom is 0.0764 e. The summed E-state index contributed by atoms with van der Waals surface area (Å²) in [6.07, 6.45) is 0.801. The van der Waals surface area contributed by atoms with Crippen LogP contribution in [0.2, 0.25) is 0 Å². The second-order valence-corrected chi connectivity index (χ2v) is 5.51. The molecule has 0 saturated heterocycles. The minimum atomic E-state index is 0.0401. The summed E-state index contributed by atoms with van der Waals surface area (Å²) in [4.78, 5) is 0. The van der Waals surface area contributed by atoms with Crippen molar-refractivity contribution >= 4 is 10.9 Å². The first-order valence-corrected chi connectivity index (χ1v) is 6.98. The molecule has 0 amide bonds. The molecule has 1 heterocycles. The van der Waals surface area contributed by atoms with E-state index in [1.54, 1.807) is 7.11 Å². The van der Waals surface area contributed by atoms with Gasteiger partial charge in [0, 0.05) is 26.0 Å². The topological polar surface area (TPSA) is 65.1 Å². The van der Waals surface area contributed by atoms with Gasteiger partial charge in [0.15, 0.2) is 0 Å². The Labute approximate surface area is 120 Å². The molecule has 0 aliphatic carbocycles. The van der Waals surface area contributed by atoms with Crippen molar-refractivity contribution in [2.45, 2.75) is 32.4 Å². The number of nitrogens with zero attached hydrogens (tertiary/aromatic N) is 2. The van der Waals surface area contributed by atoms with Gasteiger partial charge < -0.3 is 4.74 Å². The maximum absolute atomic E-state index is 5.72. The maximum atomic E-state index is 5.72. The van der Waals surface area contributed by atoms with Crippen LogP contribution in [0, 0.1) is 5.92 Å². The molecule has 2 aromatic rings. The highest BCUT2D eigenvalue weighted by atomic mass is 16.5. The van der Waals surface area contributed by atoms with Crippen molar-refractivity contribution in [2.24, 2.45) is 18.8 Å². The van der Waals surface area contributed by atoms with Gasteiger partial charge in [-0.15, -0.1) is 0 Å². The summed E-state index contributed by atoms with van der Waals surface area (Å²) >= 11 is 0. The third-order valence-corrected chi connectivity index (χ3v) is 3.79. The van der Waals surface area contributed by atoms with E-state index in [1.165, 1.54) is 5.39 Å². The fourth-order valence-corrected chi connectivity index (χ4v) is 2.82. The third kappa shape index (κ3) is 2.85. The van der Waals surface area contributed by atoms with Crippen LogP contribution in [0.1, 0.15) is 19.5 Å². The Morgan fingerprint density at radius 3 is 2.65 bits per heavy atom. The van der Waals surface area contributed by atoms with Crippen LogP contribution in [-0.2, 0) is 18.2 Å². The molecule has 5 heteroatoms. The molecule has 0 saturated carbocycles. The van der Waals surface area contributed by atoms with Crippen LogP contribution in [0.15, 0.2) is 24.3 Å². The monoisotopic (exact) mass is 276 g/mol. The Bertz CT molecular complexity index is 564. The molecule has 110 valence electrons. The number of benzene rings is 1. The smallest absolute Gasteiger partial charge is 0.0764 e. The van der Waals surface area contributed by atoms with E-state index < -0.39 is 0 Å². The van der Waals surface area contributed by atoms with Crippen LogP contribution in [0.25, 0.3) is 10.9 Å². The SMILES string of the molecule is COC(C(C)C)C(Cc1nn(C)c2ccccc12)NN. The summed E-state index contributed by atoms with van der Waals surface area (Å²) in [5.41, 5.74) is 5.07. The Kier molecular flexibility index (Phi) is 4.75. The van der Waals surface area contributed by atoms with Gasteiger partial charge in [-0.25, -0.2) is 0 Å². The van der Waals surface area contributed by atoms with Crippen molar-refractivity contribution in [3.8, 4) is 0 Å². The summed E-state index contributed by atoms with van der Waals surface area (Å²) in [7, 11) is 3.69. The van der Waals surface area contributed by atoms with Crippen LogP contribution in [0.3, 0.4) is 0 Å². The Morgan fingerprint density at radius 1 is 1.35 bits per heavy atom. The van der Waals surface area contributed by atoms with E-state index in [1.807, 2.05) is 23.9 Å². The van der Waals surface area contributed by atoms with Gasteiger partial charge >= 0.3 is 0 Å². The van der Waals surface area contributed by atoms with Gasteiger partial charge in [0.25, 0.3) is 0 Å². The van der Waals surface area contributed by atoms with Gasteiger partial charge in [-0.3, -0.25) is 16.0 Å². The number of ether oxygens (including phenoxy) is 1. The van der Waals surface area contributed by atoms with E-state index in [2.05, 4.69) is 36.5 Å². The lowest BCUT2D eigenvalue weighted by Gasteiger charge is -2.28. The molecule has 1 aromatic carbocycles. The highest BCUT2D eigenvalue weighted by Crippen LogP contribution is 2.21. The quantitative estimate of drug-likeness (QED) is 0.621. The number of para-hydroxylation sites is 1. The molecule has 0 aliphatic heterocycles. The zero-order chi connectivity index (χ0) is 14.7. The molecule has 2 atom stereocenters. The van der Waals surface area contributed by atoms with Crippen LogP contribution in [0.5, 0.6) is 0 Å². The molecular weight excluding hydrogens is 252 g/mol. The van der Waals surface area contributed by atoms with Gasteiger partial charge in [0.1, 0.15) is 0 Å². The Balaban J connectivity index is 2.30. The first-order valence-electron chi connectivity index (χ1n) is 6.98. The largest absolute Gasteiger partial charge is 0.380 e. The summed E-state index contributed by atoms with van der Waals surface area (Å²) in [6.45, 7) is 4.27. The lowest BCUT2D eigenvalue weighted by molar-refractivity contribution is 0.0330. The molecule has 20 heavy (non-hydrogen) atoms. The van der Waals surface area contributed by atoms with Crippen molar-refractivity contribution in [1.29, 1.82) is 0 Å². The number of methoxy groups -OCH3 is 1. The van der Waals surface area contributed by atoms with Crippen molar-refractivity contribution in [3.63, 3.8) is 0 Å². The molecule has 0 spiro atoms. The van der Waals surface area contributed by atoms with Crippen molar-refractivity contribution in [3.05, 3.63) is 30.0 Å². The molecule has 0 fully saturated rings. The van der Waals surface area contributed by atoms with E-state index in [0.717, 1.165) is 17.6 Å². The van der Waals surface area contributed by atoms with Crippen molar-refractivity contribution in [1.82, 2.24) is 15.2 Å². The molecule has 2 rings (SSSR count). The molecular formula is C15H24N4O. The van der Waals surface area contributed by atoms with Crippen LogP contribution >= 0.6 is 0 Å². The fourth-order valence-electron chi connectivity index (χ4n) is 2.82. The van der Waals surface area contributed by atoms with E-state index in [-0.39, 0.29) is 12.1 Å². The number of nitrogens with two attached hydrogens (primary N) is 1. The van der Waals surface area contributed by atoms with Crippen molar-refractivity contribution in [2.75, 3.05) is 7.11 Å². The average molecular weight is 276 g/mol. The highest BCUT2D eigenvalue weighted by Gasteiger charge is 2.25. The van der Waals surface area contributed by atoms with Crippen LogP contribution < -0.4 is 11.3 Å². The Morgan fingerprint density at radius 2 is 2.05 bits per heavy atom. The predicted octanol–water partition coefficient (Wildman–Crippen LogP) is 1.62. The van der Waals surface area contributed by atoms with Gasteiger partial charge in [0.2, 0.25) is 0 Å². The first-order chi connectivity index (χ1) is 9.58. The number of fused-ring (bicyclic) bond motifs is 1. The Hall–Kier alpha value is -1.43. The van der Waals surface area contributed by atoms with Gasteiger partial charge in [-0.05, 0) is 12.0 Å². The van der Waals surface area contributed by atoms with Crippen LogP contribution in [-0.4, -0.2) is 29.0 Å². The third-order valence-electron chi connectivity index (χ3n) is 3.79. The molecule has 0 aliphatic rings. The molecule has 0 radical (unpaired) electrons. The number of rotatable bonds is 6. The number of aryl methyl sites for hydroxylation is 1. The summed E-state index contributed by atoms with van der Waals surface area (Å²) in [5.74, 6) is 6.11. The van der Waals surface area contributed by atoms with E-state index in [0.29, 0.717) is 5.92 Å². The van der Waals surface area contributed by atoms with E-state index in [9.17, 15) is 0 Å². The zero-order valence-corrected chi connectivity index (χ0v) is 12.6. The minimum Gasteiger partial charge on any atom is -0.380 e. The summed E-state index contributed by atoms with van der Waals surface area (Å²) in [5, 5.41) is 5.79. The minimum absolute atomic E-state index is 0.0401. The van der Waals surface area contributed by atoms with Crippen molar-refractivity contribution < 1.29 is 4.74 Å². The highest BCUT2D eigenvalue weighted by molar-refractivity contribution is 5.81. The van der Waals surface area contributed by atoms with E-state index >= 15 is 0 Å². The van der Waals surface area contributed by atoms with Crippen LogP contribution in [0.4, 0.5) is 0 Å². The summed E-state index contributed by atoms with van der Waals surface area (Å²) < 4.78 is 7.49. The second-order valence-electron chi connectivity index (χ2n) is 5.51. The number of nitrogens with one attached hydrogen (secondary N) is 1. The van der Waals surface area contributed by atoms with Gasteiger partial charge in [-0.1, -0.05) is 32.0 Å². The van der Waals surface area contributed by atoms with Gasteiger partial charge in [-0.2, -0.15) is 5.10 Å².